The minimum atomic E-state index is -0.519. The number of fused-ring (bicyclic) bond motifs is 15. The molecule has 3 aliphatic carbocycles. The summed E-state index contributed by atoms with van der Waals surface area (Å²) in [6.07, 6.45) is 1.000. The lowest BCUT2D eigenvalue weighted by molar-refractivity contribution is 0.660. The van der Waals surface area contributed by atoms with E-state index in [1.165, 1.54) is 100 Å². The van der Waals surface area contributed by atoms with Crippen molar-refractivity contribution in [2.75, 3.05) is 9.80 Å². The van der Waals surface area contributed by atoms with E-state index in [1.807, 2.05) is 0 Å². The number of hydrogen-bond donors (Lipinski definition) is 0. The van der Waals surface area contributed by atoms with E-state index in [0.29, 0.717) is 0 Å². The Labute approximate surface area is 405 Å². The van der Waals surface area contributed by atoms with Crippen molar-refractivity contribution in [3.05, 3.63) is 275 Å². The fourth-order valence-corrected chi connectivity index (χ4v) is 12.5. The highest BCUT2D eigenvalue weighted by molar-refractivity contribution is 7.59. The summed E-state index contributed by atoms with van der Waals surface area (Å²) >= 11 is 0. The van der Waals surface area contributed by atoms with Crippen LogP contribution in [0.25, 0.3) is 44.5 Å². The van der Waals surface area contributed by atoms with Crippen LogP contribution in [0.2, 0.25) is 0 Å². The van der Waals surface area contributed by atoms with Crippen LogP contribution in [0.15, 0.2) is 231 Å². The fourth-order valence-electron chi connectivity index (χ4n) is 12.5. The first-order chi connectivity index (χ1) is 33.0. The molecular formula is C65H48N2S. The summed E-state index contributed by atoms with van der Waals surface area (Å²) in [5.74, 6) is 0. The second kappa shape index (κ2) is 15.1. The third-order valence-corrected chi connectivity index (χ3v) is 15.5. The molecule has 10 aromatic carbocycles. The quantitative estimate of drug-likeness (QED) is 0.170. The van der Waals surface area contributed by atoms with E-state index in [2.05, 4.69) is 254 Å². The lowest BCUT2D eigenvalue weighted by Crippen LogP contribution is -2.36. The number of anilines is 6. The predicted molar refractivity (Wildman–Crippen MR) is 288 cm³/mol. The van der Waals surface area contributed by atoms with Gasteiger partial charge in [-0.3, -0.25) is 0 Å². The largest absolute Gasteiger partial charge is 0.310 e. The molecule has 1 spiro atoms. The molecule has 1 heterocycles. The fraction of sp³-hybridized carbons (Fsp3) is 0.0769. The zero-order valence-electron chi connectivity index (χ0n) is 38.0. The van der Waals surface area contributed by atoms with Crippen LogP contribution in [-0.2, 0) is 17.3 Å². The van der Waals surface area contributed by atoms with Gasteiger partial charge in [0.25, 0.3) is 0 Å². The van der Waals surface area contributed by atoms with Crippen LogP contribution in [0.5, 0.6) is 0 Å². The van der Waals surface area contributed by atoms with Crippen molar-refractivity contribution in [1.29, 1.82) is 0 Å². The molecule has 0 saturated carbocycles. The van der Waals surface area contributed by atoms with Gasteiger partial charge in [0.15, 0.2) is 0 Å². The molecule has 2 nitrogen and oxygen atoms in total. The Morgan fingerprint density at radius 3 is 1.60 bits per heavy atom. The van der Waals surface area contributed by atoms with Gasteiger partial charge in [0, 0.05) is 28.2 Å². The van der Waals surface area contributed by atoms with Crippen molar-refractivity contribution in [3.63, 3.8) is 0 Å². The molecule has 0 fully saturated rings. The minimum Gasteiger partial charge on any atom is -0.310 e. The second-order valence-corrected chi connectivity index (χ2v) is 19.2. The molecule has 324 valence electrons. The molecule has 1 aliphatic heterocycles. The molecule has 14 rings (SSSR count). The van der Waals surface area contributed by atoms with Crippen LogP contribution in [0.3, 0.4) is 0 Å². The van der Waals surface area contributed by atoms with Crippen LogP contribution >= 0.6 is 13.5 Å². The molecule has 68 heavy (non-hydrogen) atoms. The van der Waals surface area contributed by atoms with Gasteiger partial charge in [-0.15, -0.1) is 0 Å². The van der Waals surface area contributed by atoms with Crippen LogP contribution in [0, 0.1) is 0 Å². The molecular weight excluding hydrogens is 841 g/mol. The van der Waals surface area contributed by atoms with Gasteiger partial charge in [0.2, 0.25) is 0 Å². The molecule has 0 aromatic heterocycles. The van der Waals surface area contributed by atoms with Crippen molar-refractivity contribution < 1.29 is 0 Å². The summed E-state index contributed by atoms with van der Waals surface area (Å²) in [5.41, 5.74) is 27.4. The normalized spacial score (nSPS) is 14.4. The molecule has 0 bridgehead atoms. The van der Waals surface area contributed by atoms with E-state index >= 15 is 0 Å². The van der Waals surface area contributed by atoms with Gasteiger partial charge in [-0.25, -0.2) is 0 Å². The maximum atomic E-state index is 2.48. The second-order valence-electron chi connectivity index (χ2n) is 19.2. The number of hydrogen-bond acceptors (Lipinski definition) is 2. The lowest BCUT2D eigenvalue weighted by atomic mass is 9.64. The summed E-state index contributed by atoms with van der Waals surface area (Å²) in [6, 6.07) is 86.6. The molecule has 0 unspecified atom stereocenters. The van der Waals surface area contributed by atoms with Crippen LogP contribution in [0.1, 0.15) is 58.4 Å². The van der Waals surface area contributed by atoms with Crippen molar-refractivity contribution >= 4 is 47.6 Å². The Bertz CT molecular complexity index is 3610. The maximum Gasteiger partial charge on any atom is 0.0754 e. The van der Waals surface area contributed by atoms with Crippen LogP contribution < -0.4 is 9.80 Å². The van der Waals surface area contributed by atoms with Gasteiger partial charge < -0.3 is 9.80 Å². The van der Waals surface area contributed by atoms with Crippen molar-refractivity contribution in [1.82, 2.24) is 0 Å². The molecule has 0 atom stereocenters. The average Bonchev–Trinajstić information content (AvgIpc) is 3.98. The highest BCUT2D eigenvalue weighted by atomic mass is 32.1. The van der Waals surface area contributed by atoms with E-state index in [0.717, 1.165) is 29.2 Å². The highest BCUT2D eigenvalue weighted by Crippen LogP contribution is 2.64. The van der Waals surface area contributed by atoms with E-state index in [9.17, 15) is 0 Å². The van der Waals surface area contributed by atoms with Crippen molar-refractivity contribution in [2.45, 2.75) is 31.1 Å². The maximum absolute atomic E-state index is 2.48. The van der Waals surface area contributed by atoms with Crippen LogP contribution in [-0.4, -0.2) is 0 Å². The SMILES string of the molecule is CC1(C)c2ccccc2-c2ccc(N(c3ccc(-c4ccc5c(c4)-c4ccccc4C5)cc3)c3ccc4c(c3)-c3ccccc3C43c4ccccc4N(c4ccccc4)c4ccccc43)cc21.S. The first-order valence-electron chi connectivity index (χ1n) is 23.6. The molecule has 0 amide bonds. The number of para-hydroxylation sites is 3. The van der Waals surface area contributed by atoms with Crippen LogP contribution in [0.4, 0.5) is 34.1 Å². The molecule has 0 saturated heterocycles. The van der Waals surface area contributed by atoms with Crippen molar-refractivity contribution in [2.24, 2.45) is 0 Å². The van der Waals surface area contributed by atoms with Gasteiger partial charge in [-0.1, -0.05) is 178 Å². The van der Waals surface area contributed by atoms with E-state index in [4.69, 9.17) is 0 Å². The van der Waals surface area contributed by atoms with Gasteiger partial charge in [0.1, 0.15) is 0 Å². The predicted octanol–water partition coefficient (Wildman–Crippen LogP) is 17.0. The summed E-state index contributed by atoms with van der Waals surface area (Å²) in [5, 5.41) is 0. The zero-order valence-corrected chi connectivity index (χ0v) is 39.0. The summed E-state index contributed by atoms with van der Waals surface area (Å²) in [6.45, 7) is 4.75. The standard InChI is InChI=1S/C65H46N2.H2S/c1-64(2)56-22-10-8-20-51(56)53-36-34-49(41-61(53)64)66(47-32-30-42(31-33-47)43-28-29-45-38-44-16-6-7-19-50(44)54(45)39-43)48-35-37-58-55(40-48)52-21-9-11-23-57(52)65(58)59-24-12-14-26-62(59)67(46-17-4-3-5-18-46)63-27-15-13-25-60(63)65;/h3-37,39-41H,38H2,1-2H3;1H2. The Kier molecular flexibility index (Phi) is 8.97. The van der Waals surface area contributed by atoms with E-state index in [-0.39, 0.29) is 18.9 Å². The Morgan fingerprint density at radius 2 is 0.868 bits per heavy atom. The lowest BCUT2D eigenvalue weighted by Gasteiger charge is -2.45. The number of rotatable bonds is 5. The smallest absolute Gasteiger partial charge is 0.0754 e. The van der Waals surface area contributed by atoms with E-state index in [1.54, 1.807) is 0 Å². The van der Waals surface area contributed by atoms with E-state index < -0.39 is 5.41 Å². The molecule has 4 aliphatic rings. The number of nitrogens with zero attached hydrogens (tertiary/aromatic N) is 2. The topological polar surface area (TPSA) is 6.48 Å². The minimum absolute atomic E-state index is 0. The van der Waals surface area contributed by atoms with Gasteiger partial charge >= 0.3 is 0 Å². The summed E-state index contributed by atoms with van der Waals surface area (Å²) < 4.78 is 0. The molecule has 3 heteroatoms. The van der Waals surface area contributed by atoms with Gasteiger partial charge in [0.05, 0.1) is 16.8 Å². The molecule has 10 aromatic rings. The Morgan fingerprint density at radius 1 is 0.353 bits per heavy atom. The number of benzene rings is 10. The Balaban J connectivity index is 0.00000457. The third kappa shape index (κ3) is 5.60. The molecule has 0 N–H and O–H groups in total. The monoisotopic (exact) mass is 888 g/mol. The first kappa shape index (κ1) is 40.4. The molecule has 0 radical (unpaired) electrons. The van der Waals surface area contributed by atoms with Crippen molar-refractivity contribution in [3.8, 4) is 44.5 Å². The van der Waals surface area contributed by atoms with Gasteiger partial charge in [-0.2, -0.15) is 13.5 Å². The first-order valence-corrected chi connectivity index (χ1v) is 23.6. The van der Waals surface area contributed by atoms with Gasteiger partial charge in [-0.05, 0) is 162 Å². The summed E-state index contributed by atoms with van der Waals surface area (Å²) in [4.78, 5) is 4.93. The third-order valence-electron chi connectivity index (χ3n) is 15.5. The highest BCUT2D eigenvalue weighted by Gasteiger charge is 2.51. The average molecular weight is 889 g/mol. The zero-order chi connectivity index (χ0) is 44.4. The Hall–Kier alpha value is -7.85. The summed E-state index contributed by atoms with van der Waals surface area (Å²) in [7, 11) is 0.